The van der Waals surface area contributed by atoms with Crippen LogP contribution in [-0.2, 0) is 26.4 Å². The molecule has 8 heteroatoms. The summed E-state index contributed by atoms with van der Waals surface area (Å²) in [6, 6.07) is 6.20. The summed E-state index contributed by atoms with van der Waals surface area (Å²) < 4.78 is 54.9. The lowest BCUT2D eigenvalue weighted by atomic mass is 10.1. The highest BCUT2D eigenvalue weighted by Gasteiger charge is 2.18. The topological polar surface area (TPSA) is 91.7 Å². The third kappa shape index (κ3) is 6.21. The second-order valence-electron chi connectivity index (χ2n) is 5.90. The van der Waals surface area contributed by atoms with Crippen molar-refractivity contribution >= 4 is 20.0 Å². The average molecular weight is 361 g/mol. The molecular weight excluding hydrogens is 338 g/mol. The third-order valence-electron chi connectivity index (χ3n) is 4.06. The molecule has 1 saturated heterocycles. The first-order chi connectivity index (χ1) is 10.8. The molecule has 23 heavy (non-hydrogen) atoms. The van der Waals surface area contributed by atoms with Crippen molar-refractivity contribution in [3.8, 4) is 0 Å². The van der Waals surface area contributed by atoms with Gasteiger partial charge in [-0.2, -0.15) is 8.42 Å². The number of sulfone groups is 1. The molecule has 130 valence electrons. The monoisotopic (exact) mass is 361 g/mol. The normalized spacial score (nSPS) is 17.3. The van der Waals surface area contributed by atoms with Gasteiger partial charge in [0.2, 0.25) is 0 Å². The summed E-state index contributed by atoms with van der Waals surface area (Å²) in [6.45, 7) is 2.47. The smallest absolute Gasteiger partial charge is 0.265 e. The summed E-state index contributed by atoms with van der Waals surface area (Å²) >= 11 is 0. The van der Waals surface area contributed by atoms with Crippen molar-refractivity contribution in [3.05, 3.63) is 29.8 Å². The second kappa shape index (κ2) is 7.74. The molecule has 0 atom stereocenters. The van der Waals surface area contributed by atoms with Crippen LogP contribution in [0.25, 0.3) is 0 Å². The molecule has 1 aliphatic rings. The Balaban J connectivity index is 1.93. The molecule has 0 amide bonds. The van der Waals surface area contributed by atoms with Gasteiger partial charge in [0, 0.05) is 6.54 Å². The molecule has 1 aromatic carbocycles. The Labute approximate surface area is 138 Å². The van der Waals surface area contributed by atoms with Gasteiger partial charge < -0.3 is 4.90 Å². The van der Waals surface area contributed by atoms with Crippen molar-refractivity contribution in [1.82, 2.24) is 4.90 Å². The number of likely N-dealkylation sites (tertiary alicyclic amines) is 1. The predicted octanol–water partition coefficient (Wildman–Crippen LogP) is 1.38. The minimum Gasteiger partial charge on any atom is -0.302 e. The predicted molar refractivity (Wildman–Crippen MR) is 88.9 cm³/mol. The van der Waals surface area contributed by atoms with Crippen LogP contribution in [0.3, 0.4) is 0 Å². The van der Waals surface area contributed by atoms with Crippen molar-refractivity contribution in [1.29, 1.82) is 0 Å². The largest absolute Gasteiger partial charge is 0.302 e. The van der Waals surface area contributed by atoms with E-state index in [1.807, 2.05) is 0 Å². The van der Waals surface area contributed by atoms with Gasteiger partial charge in [0.25, 0.3) is 10.1 Å². The molecule has 2 rings (SSSR count). The Morgan fingerprint density at radius 1 is 0.913 bits per heavy atom. The lowest BCUT2D eigenvalue weighted by molar-refractivity contribution is 0.241. The lowest BCUT2D eigenvalue weighted by Gasteiger charge is -2.26. The van der Waals surface area contributed by atoms with E-state index in [1.165, 1.54) is 18.6 Å². The van der Waals surface area contributed by atoms with E-state index in [4.69, 9.17) is 4.55 Å². The van der Waals surface area contributed by atoms with Gasteiger partial charge >= 0.3 is 0 Å². The van der Waals surface area contributed by atoms with Crippen LogP contribution in [0.15, 0.2) is 29.2 Å². The Hall–Kier alpha value is -0.960. The Morgan fingerprint density at radius 3 is 2.09 bits per heavy atom. The minimum atomic E-state index is -4.01. The third-order valence-corrected chi connectivity index (χ3v) is 6.49. The summed E-state index contributed by atoms with van der Waals surface area (Å²) in [7, 11) is -7.33. The van der Waals surface area contributed by atoms with Crippen LogP contribution in [0, 0.1) is 0 Å². The molecule has 1 heterocycles. The molecule has 0 saturated carbocycles. The van der Waals surface area contributed by atoms with Crippen molar-refractivity contribution in [2.45, 2.75) is 30.6 Å². The summed E-state index contributed by atoms with van der Waals surface area (Å²) in [4.78, 5) is 2.44. The maximum Gasteiger partial charge on any atom is 0.265 e. The van der Waals surface area contributed by atoms with Crippen LogP contribution < -0.4 is 0 Å². The van der Waals surface area contributed by atoms with Gasteiger partial charge in [-0.1, -0.05) is 18.6 Å². The van der Waals surface area contributed by atoms with Crippen LogP contribution >= 0.6 is 0 Å². The molecule has 1 fully saturated rings. The summed E-state index contributed by atoms with van der Waals surface area (Å²) in [6.07, 6.45) is 3.63. The second-order valence-corrected chi connectivity index (χ2v) is 9.58. The first-order valence-corrected chi connectivity index (χ1v) is 11.0. The first-order valence-electron chi connectivity index (χ1n) is 7.75. The number of benzene rings is 1. The maximum atomic E-state index is 12.3. The van der Waals surface area contributed by atoms with Gasteiger partial charge in [-0.3, -0.25) is 4.55 Å². The highest BCUT2D eigenvalue weighted by atomic mass is 32.2. The molecular formula is C15H23NO5S2. The van der Waals surface area contributed by atoms with E-state index in [1.54, 1.807) is 12.1 Å². The number of piperidine rings is 1. The van der Waals surface area contributed by atoms with E-state index in [-0.39, 0.29) is 22.8 Å². The van der Waals surface area contributed by atoms with Gasteiger partial charge in [-0.25, -0.2) is 8.42 Å². The zero-order valence-electron chi connectivity index (χ0n) is 13.0. The van der Waals surface area contributed by atoms with Gasteiger partial charge in [0.1, 0.15) is 0 Å². The lowest BCUT2D eigenvalue weighted by Crippen LogP contribution is -2.33. The Kier molecular flexibility index (Phi) is 6.19. The fourth-order valence-electron chi connectivity index (χ4n) is 2.66. The highest BCUT2D eigenvalue weighted by molar-refractivity contribution is 7.91. The highest BCUT2D eigenvalue weighted by Crippen LogP contribution is 2.15. The van der Waals surface area contributed by atoms with Crippen molar-refractivity contribution in [2.24, 2.45) is 0 Å². The molecule has 1 aromatic rings. The van der Waals surface area contributed by atoms with Gasteiger partial charge in [0.15, 0.2) is 9.84 Å². The molecule has 0 unspecified atom stereocenters. The summed E-state index contributed by atoms with van der Waals surface area (Å²) in [5.74, 6) is -0.272. The van der Waals surface area contributed by atoms with E-state index in [2.05, 4.69) is 4.90 Å². The molecule has 6 nitrogen and oxygen atoms in total. The average Bonchev–Trinajstić information content (AvgIpc) is 2.52. The van der Waals surface area contributed by atoms with Crippen molar-refractivity contribution in [2.75, 3.05) is 31.1 Å². The van der Waals surface area contributed by atoms with Gasteiger partial charge in [-0.15, -0.1) is 0 Å². The van der Waals surface area contributed by atoms with E-state index in [0.29, 0.717) is 12.1 Å². The van der Waals surface area contributed by atoms with E-state index < -0.39 is 20.0 Å². The fourth-order valence-corrected chi connectivity index (χ4v) is 4.44. The van der Waals surface area contributed by atoms with E-state index >= 15 is 0 Å². The van der Waals surface area contributed by atoms with Crippen LogP contribution in [0.5, 0.6) is 0 Å². The van der Waals surface area contributed by atoms with E-state index in [9.17, 15) is 16.8 Å². The van der Waals surface area contributed by atoms with Crippen molar-refractivity contribution < 1.29 is 21.4 Å². The zero-order chi connectivity index (χ0) is 16.9. The molecule has 0 bridgehead atoms. The number of hydrogen-bond acceptors (Lipinski definition) is 5. The molecule has 1 aliphatic heterocycles. The number of rotatable bonds is 7. The zero-order valence-corrected chi connectivity index (χ0v) is 14.7. The molecule has 0 aromatic heterocycles. The van der Waals surface area contributed by atoms with E-state index in [0.717, 1.165) is 25.9 Å². The fraction of sp³-hybridized carbons (Fsp3) is 0.600. The Morgan fingerprint density at radius 2 is 1.52 bits per heavy atom. The van der Waals surface area contributed by atoms with Crippen LogP contribution in [0.2, 0.25) is 0 Å². The SMILES string of the molecule is O=S(=O)(O)CCc1ccc(S(=O)(=O)CCN2CCCCC2)cc1. The first kappa shape index (κ1) is 18.4. The van der Waals surface area contributed by atoms with Crippen LogP contribution in [0.4, 0.5) is 0 Å². The minimum absolute atomic E-state index is 0.0946. The number of aryl methyl sites for hydroxylation is 1. The number of nitrogens with zero attached hydrogens (tertiary/aromatic N) is 1. The quantitative estimate of drug-likeness (QED) is 0.738. The van der Waals surface area contributed by atoms with Gasteiger partial charge in [0.05, 0.1) is 16.4 Å². The van der Waals surface area contributed by atoms with Crippen LogP contribution in [0.1, 0.15) is 24.8 Å². The Bertz CT molecular complexity index is 705. The van der Waals surface area contributed by atoms with Gasteiger partial charge in [-0.05, 0) is 50.0 Å². The molecule has 0 radical (unpaired) electrons. The molecule has 0 spiro atoms. The number of hydrogen-bond donors (Lipinski definition) is 1. The summed E-state index contributed by atoms with van der Waals surface area (Å²) in [5.41, 5.74) is 0.678. The van der Waals surface area contributed by atoms with Crippen molar-refractivity contribution in [3.63, 3.8) is 0 Å². The molecule has 0 aliphatic carbocycles. The van der Waals surface area contributed by atoms with Crippen LogP contribution in [-0.4, -0.2) is 57.4 Å². The maximum absolute atomic E-state index is 12.3. The standard InChI is InChI=1S/C15H23NO5S2/c17-22(18,13-11-16-9-2-1-3-10-16)15-6-4-14(5-7-15)8-12-23(19,20)21/h4-7H,1-3,8-13H2,(H,19,20,21). The summed E-state index contributed by atoms with van der Waals surface area (Å²) in [5, 5.41) is 0. The molecule has 1 N–H and O–H groups in total.